The van der Waals surface area contributed by atoms with Crippen molar-refractivity contribution in [2.24, 2.45) is 13.0 Å². The SMILES string of the molecule is Cc1nc2ccc(NC[C@@H]3CC(=O)N(C)[C@H]3c3nccn3C)nn2n1. The Bertz CT molecular complexity index is 929. The van der Waals surface area contributed by atoms with Crippen LogP contribution < -0.4 is 5.32 Å². The van der Waals surface area contributed by atoms with Crippen molar-refractivity contribution in [1.82, 2.24) is 34.3 Å². The number of aryl methyl sites for hydroxylation is 2. The fraction of sp³-hybridized carbons (Fsp3) is 0.438. The zero-order valence-electron chi connectivity index (χ0n) is 14.4. The van der Waals surface area contributed by atoms with E-state index < -0.39 is 0 Å². The monoisotopic (exact) mass is 340 g/mol. The van der Waals surface area contributed by atoms with Crippen LogP contribution in [0.25, 0.3) is 5.65 Å². The van der Waals surface area contributed by atoms with Crippen LogP contribution in [0.3, 0.4) is 0 Å². The summed E-state index contributed by atoms with van der Waals surface area (Å²) in [7, 11) is 3.79. The molecule has 1 fully saturated rings. The lowest BCUT2D eigenvalue weighted by atomic mass is 9.99. The number of nitrogens with one attached hydrogen (secondary N) is 1. The fourth-order valence-electron chi connectivity index (χ4n) is 3.40. The molecule has 1 amide bonds. The molecule has 9 heteroatoms. The van der Waals surface area contributed by atoms with Gasteiger partial charge in [0, 0.05) is 45.4 Å². The van der Waals surface area contributed by atoms with Gasteiger partial charge in [-0.2, -0.15) is 0 Å². The van der Waals surface area contributed by atoms with Crippen LogP contribution >= 0.6 is 0 Å². The molecule has 0 spiro atoms. The first-order chi connectivity index (χ1) is 12.0. The minimum Gasteiger partial charge on any atom is -0.368 e. The molecule has 0 saturated carbocycles. The number of rotatable bonds is 4. The van der Waals surface area contributed by atoms with E-state index in [0.717, 1.165) is 5.82 Å². The molecule has 0 bridgehead atoms. The number of likely N-dealkylation sites (tertiary alicyclic amines) is 1. The number of anilines is 1. The summed E-state index contributed by atoms with van der Waals surface area (Å²) in [6.45, 7) is 2.46. The van der Waals surface area contributed by atoms with E-state index in [4.69, 9.17) is 0 Å². The summed E-state index contributed by atoms with van der Waals surface area (Å²) in [5, 5.41) is 12.0. The highest BCUT2D eigenvalue weighted by molar-refractivity contribution is 5.79. The van der Waals surface area contributed by atoms with Gasteiger partial charge in [0.15, 0.2) is 5.65 Å². The highest BCUT2D eigenvalue weighted by Gasteiger charge is 2.40. The summed E-state index contributed by atoms with van der Waals surface area (Å²) in [4.78, 5) is 22.7. The Morgan fingerprint density at radius 3 is 2.88 bits per heavy atom. The average molecular weight is 340 g/mol. The predicted octanol–water partition coefficient (Wildman–Crippen LogP) is 0.798. The Balaban J connectivity index is 1.53. The van der Waals surface area contributed by atoms with Crippen LogP contribution in [0.15, 0.2) is 24.5 Å². The van der Waals surface area contributed by atoms with Crippen LogP contribution in [0.1, 0.15) is 24.1 Å². The molecular formula is C16H20N8O. The third-order valence-corrected chi connectivity index (χ3v) is 4.68. The molecule has 3 aromatic heterocycles. The van der Waals surface area contributed by atoms with Crippen LogP contribution in [0.4, 0.5) is 5.82 Å². The van der Waals surface area contributed by atoms with Crippen molar-refractivity contribution in [3.63, 3.8) is 0 Å². The molecule has 4 heterocycles. The van der Waals surface area contributed by atoms with Gasteiger partial charge in [0.05, 0.1) is 6.04 Å². The molecule has 1 aliphatic heterocycles. The smallest absolute Gasteiger partial charge is 0.223 e. The normalized spacial score (nSPS) is 20.6. The van der Waals surface area contributed by atoms with Crippen molar-refractivity contribution in [1.29, 1.82) is 0 Å². The lowest BCUT2D eigenvalue weighted by Gasteiger charge is -2.24. The molecule has 0 aliphatic carbocycles. The zero-order valence-corrected chi connectivity index (χ0v) is 14.4. The number of hydrogen-bond acceptors (Lipinski definition) is 6. The van der Waals surface area contributed by atoms with E-state index in [9.17, 15) is 4.79 Å². The molecule has 0 aromatic carbocycles. The maximum atomic E-state index is 12.2. The minimum absolute atomic E-state index is 0.0441. The maximum Gasteiger partial charge on any atom is 0.223 e. The lowest BCUT2D eigenvalue weighted by Crippen LogP contribution is -2.29. The number of hydrogen-bond donors (Lipinski definition) is 1. The molecule has 9 nitrogen and oxygen atoms in total. The molecule has 0 radical (unpaired) electrons. The van der Waals surface area contributed by atoms with Crippen LogP contribution in [-0.4, -0.2) is 53.8 Å². The summed E-state index contributed by atoms with van der Waals surface area (Å²) >= 11 is 0. The standard InChI is InChI=1S/C16H20N8O/c1-10-19-13-5-4-12(21-24(13)20-10)18-9-11-8-14(25)23(3)15(11)16-17-6-7-22(16)2/h4-7,11,15H,8-9H2,1-3H3,(H,18,21)/t11-,15+/m0/s1. The van der Waals surface area contributed by atoms with E-state index in [1.807, 2.05) is 43.9 Å². The van der Waals surface area contributed by atoms with Gasteiger partial charge in [-0.25, -0.2) is 9.97 Å². The number of fused-ring (bicyclic) bond motifs is 1. The third kappa shape index (κ3) is 2.71. The quantitative estimate of drug-likeness (QED) is 0.755. The molecule has 25 heavy (non-hydrogen) atoms. The summed E-state index contributed by atoms with van der Waals surface area (Å²) in [5.74, 6) is 2.54. The van der Waals surface area contributed by atoms with Gasteiger partial charge in [-0.3, -0.25) is 4.79 Å². The number of nitrogens with zero attached hydrogens (tertiary/aromatic N) is 7. The second-order valence-corrected chi connectivity index (χ2v) is 6.42. The average Bonchev–Trinajstić information content (AvgIpc) is 3.23. The van der Waals surface area contributed by atoms with Gasteiger partial charge in [-0.05, 0) is 19.1 Å². The summed E-state index contributed by atoms with van der Waals surface area (Å²) in [6.07, 6.45) is 4.16. The van der Waals surface area contributed by atoms with E-state index in [-0.39, 0.29) is 17.9 Å². The van der Waals surface area contributed by atoms with Crippen molar-refractivity contribution in [2.45, 2.75) is 19.4 Å². The van der Waals surface area contributed by atoms with E-state index in [0.29, 0.717) is 30.3 Å². The van der Waals surface area contributed by atoms with Crippen LogP contribution in [0, 0.1) is 12.8 Å². The van der Waals surface area contributed by atoms with Crippen molar-refractivity contribution in [3.8, 4) is 0 Å². The first kappa shape index (κ1) is 15.6. The van der Waals surface area contributed by atoms with E-state index in [1.165, 1.54) is 4.63 Å². The van der Waals surface area contributed by atoms with Crippen molar-refractivity contribution in [2.75, 3.05) is 18.9 Å². The van der Waals surface area contributed by atoms with Crippen molar-refractivity contribution < 1.29 is 4.79 Å². The van der Waals surface area contributed by atoms with Crippen molar-refractivity contribution >= 4 is 17.4 Å². The molecule has 2 atom stereocenters. The van der Waals surface area contributed by atoms with Gasteiger partial charge in [0.2, 0.25) is 5.91 Å². The van der Waals surface area contributed by atoms with Gasteiger partial charge in [-0.15, -0.1) is 14.8 Å². The summed E-state index contributed by atoms with van der Waals surface area (Å²) in [5.41, 5.74) is 0.713. The lowest BCUT2D eigenvalue weighted by molar-refractivity contribution is -0.127. The van der Waals surface area contributed by atoms with Gasteiger partial charge in [-0.1, -0.05) is 0 Å². The predicted molar refractivity (Wildman–Crippen MR) is 90.8 cm³/mol. The van der Waals surface area contributed by atoms with E-state index >= 15 is 0 Å². The Labute approximate surface area is 144 Å². The summed E-state index contributed by atoms with van der Waals surface area (Å²) < 4.78 is 3.48. The Hall–Kier alpha value is -2.97. The van der Waals surface area contributed by atoms with Gasteiger partial charge in [0.25, 0.3) is 0 Å². The second kappa shape index (κ2) is 5.83. The Kier molecular flexibility index (Phi) is 3.63. The molecule has 130 valence electrons. The Morgan fingerprint density at radius 2 is 2.12 bits per heavy atom. The second-order valence-electron chi connectivity index (χ2n) is 6.42. The van der Waals surface area contributed by atoms with Crippen LogP contribution in [-0.2, 0) is 11.8 Å². The number of carbonyl (C=O) groups is 1. The topological polar surface area (TPSA) is 93.2 Å². The van der Waals surface area contributed by atoms with Gasteiger partial charge in [0.1, 0.15) is 17.5 Å². The number of aromatic nitrogens is 6. The third-order valence-electron chi connectivity index (χ3n) is 4.68. The number of amides is 1. The summed E-state index contributed by atoms with van der Waals surface area (Å²) in [6, 6.07) is 3.70. The molecule has 4 rings (SSSR count). The molecular weight excluding hydrogens is 320 g/mol. The first-order valence-electron chi connectivity index (χ1n) is 8.20. The minimum atomic E-state index is -0.0441. The van der Waals surface area contributed by atoms with Gasteiger partial charge >= 0.3 is 0 Å². The first-order valence-corrected chi connectivity index (χ1v) is 8.20. The molecule has 0 unspecified atom stereocenters. The van der Waals surface area contributed by atoms with E-state index in [1.54, 1.807) is 11.1 Å². The Morgan fingerprint density at radius 1 is 1.28 bits per heavy atom. The van der Waals surface area contributed by atoms with Crippen molar-refractivity contribution in [3.05, 3.63) is 36.2 Å². The number of imidazole rings is 1. The molecule has 1 aliphatic rings. The molecule has 1 N–H and O–H groups in total. The highest BCUT2D eigenvalue weighted by atomic mass is 16.2. The van der Waals surface area contributed by atoms with E-state index in [2.05, 4.69) is 25.5 Å². The molecule has 1 saturated heterocycles. The fourth-order valence-corrected chi connectivity index (χ4v) is 3.40. The van der Waals surface area contributed by atoms with Gasteiger partial charge < -0.3 is 14.8 Å². The number of carbonyl (C=O) groups excluding carboxylic acids is 1. The maximum absolute atomic E-state index is 12.2. The highest BCUT2D eigenvalue weighted by Crippen LogP contribution is 2.35. The van der Waals surface area contributed by atoms with Crippen LogP contribution in [0.5, 0.6) is 0 Å². The van der Waals surface area contributed by atoms with Crippen LogP contribution in [0.2, 0.25) is 0 Å². The largest absolute Gasteiger partial charge is 0.368 e. The molecule has 3 aromatic rings. The zero-order chi connectivity index (χ0) is 17.6.